The van der Waals surface area contributed by atoms with Crippen LogP contribution in [-0.2, 0) is 17.5 Å². The van der Waals surface area contributed by atoms with E-state index in [1.807, 2.05) is 4.90 Å². The normalized spacial score (nSPS) is 25.3. The van der Waals surface area contributed by atoms with E-state index in [9.17, 15) is 22.4 Å². The number of nitrogen functional groups attached to an aromatic ring is 1. The van der Waals surface area contributed by atoms with Crippen LogP contribution in [0.2, 0.25) is 0 Å². The highest BCUT2D eigenvalue weighted by Gasteiger charge is 2.50. The van der Waals surface area contributed by atoms with Gasteiger partial charge in [-0.1, -0.05) is 0 Å². The molecule has 0 aromatic carbocycles. The summed E-state index contributed by atoms with van der Waals surface area (Å²) in [4.78, 5) is 31.7. The first-order chi connectivity index (χ1) is 19.1. The summed E-state index contributed by atoms with van der Waals surface area (Å²) in [7, 11) is 0. The van der Waals surface area contributed by atoms with Gasteiger partial charge in [0.25, 0.3) is 5.91 Å². The molecule has 2 unspecified atom stereocenters. The fourth-order valence-corrected chi connectivity index (χ4v) is 6.46. The third kappa shape index (κ3) is 4.70. The van der Waals surface area contributed by atoms with Gasteiger partial charge < -0.3 is 20.1 Å². The Morgan fingerprint density at radius 1 is 1.15 bits per heavy atom. The third-order valence-electron chi connectivity index (χ3n) is 8.22. The van der Waals surface area contributed by atoms with Crippen LogP contribution < -0.4 is 20.3 Å². The number of hydrogen-bond acceptors (Lipinski definition) is 9. The minimum atomic E-state index is -4.76. The molecule has 40 heavy (non-hydrogen) atoms. The second-order valence-corrected chi connectivity index (χ2v) is 10.9. The van der Waals surface area contributed by atoms with Gasteiger partial charge in [0.2, 0.25) is 0 Å². The number of nitrogens with two attached hydrogens (primary N) is 1. The Morgan fingerprint density at radius 2 is 1.98 bits per heavy atom. The predicted octanol–water partition coefficient (Wildman–Crippen LogP) is 3.12. The molecule has 0 aliphatic carbocycles. The average Bonchev–Trinajstić information content (AvgIpc) is 3.41. The number of aryl methyl sites for hydroxylation is 1. The number of hydrogen-bond donors (Lipinski definition) is 1. The van der Waals surface area contributed by atoms with Gasteiger partial charge in [-0.15, -0.1) is 0 Å². The first-order valence-corrected chi connectivity index (χ1v) is 13.5. The van der Waals surface area contributed by atoms with E-state index in [1.54, 1.807) is 0 Å². The highest BCUT2D eigenvalue weighted by Crippen LogP contribution is 2.43. The molecule has 2 N–H and O–H groups in total. The van der Waals surface area contributed by atoms with Gasteiger partial charge in [0, 0.05) is 32.7 Å². The van der Waals surface area contributed by atoms with Crippen LogP contribution in [0.5, 0.6) is 6.01 Å². The highest BCUT2D eigenvalue weighted by molar-refractivity contribution is 6.12. The minimum Gasteiger partial charge on any atom is -0.461 e. The largest absolute Gasteiger partial charge is 0.461 e. The monoisotopic (exact) mass is 565 g/mol. The standard InChI is InChI=1S/C26H31F4N7O3/c1-15-10-18(31)33-22(20(15)26(28,29)30)37-13-17-19(23(37)38)21(35-5-3-8-39-9-7-35)34-24(32-17)40-14-25-4-2-6-36(25)12-16(27)11-25/h10,16H,2-9,11-14H2,1H3,(H2,31,33). The van der Waals surface area contributed by atoms with Crippen molar-refractivity contribution >= 4 is 23.4 Å². The van der Waals surface area contributed by atoms with Crippen LogP contribution in [0.4, 0.5) is 35.0 Å². The summed E-state index contributed by atoms with van der Waals surface area (Å²) in [6.07, 6.45) is -2.92. The second-order valence-electron chi connectivity index (χ2n) is 10.9. The molecular formula is C26H31F4N7O3. The fourth-order valence-electron chi connectivity index (χ4n) is 6.46. The van der Waals surface area contributed by atoms with E-state index in [1.165, 1.54) is 6.92 Å². The van der Waals surface area contributed by atoms with Gasteiger partial charge in [-0.05, 0) is 44.4 Å². The van der Waals surface area contributed by atoms with Crippen LogP contribution in [0.25, 0.3) is 0 Å². The number of rotatable bonds is 5. The fraction of sp³-hybridized carbons (Fsp3) is 0.615. The van der Waals surface area contributed by atoms with Gasteiger partial charge in [-0.2, -0.15) is 23.1 Å². The zero-order chi connectivity index (χ0) is 28.2. The molecule has 0 spiro atoms. The molecule has 0 radical (unpaired) electrons. The molecule has 6 rings (SSSR count). The van der Waals surface area contributed by atoms with E-state index in [0.717, 1.165) is 30.4 Å². The van der Waals surface area contributed by atoms with E-state index < -0.39 is 35.2 Å². The lowest BCUT2D eigenvalue weighted by Gasteiger charge is -2.31. The van der Waals surface area contributed by atoms with Gasteiger partial charge in [-0.25, -0.2) is 9.37 Å². The average molecular weight is 566 g/mol. The van der Waals surface area contributed by atoms with Gasteiger partial charge in [0.05, 0.1) is 24.4 Å². The molecule has 3 saturated heterocycles. The Kier molecular flexibility index (Phi) is 6.72. The number of ether oxygens (including phenoxy) is 2. The predicted molar refractivity (Wildman–Crippen MR) is 137 cm³/mol. The second kappa shape index (κ2) is 9.98. The topological polar surface area (TPSA) is 110 Å². The number of halogens is 4. The number of anilines is 3. The van der Waals surface area contributed by atoms with Crippen molar-refractivity contribution in [2.75, 3.05) is 61.5 Å². The molecule has 6 heterocycles. The van der Waals surface area contributed by atoms with Crippen molar-refractivity contribution in [3.63, 3.8) is 0 Å². The molecule has 2 aromatic heterocycles. The molecule has 1 amide bonds. The van der Waals surface area contributed by atoms with Crippen LogP contribution in [0, 0.1) is 6.92 Å². The summed E-state index contributed by atoms with van der Waals surface area (Å²) >= 11 is 0. The molecule has 0 bridgehead atoms. The van der Waals surface area contributed by atoms with Crippen molar-refractivity contribution in [1.82, 2.24) is 19.9 Å². The molecule has 3 fully saturated rings. The third-order valence-corrected chi connectivity index (χ3v) is 8.22. The summed E-state index contributed by atoms with van der Waals surface area (Å²) < 4.78 is 68.2. The Labute approximate surface area is 228 Å². The number of alkyl halides is 4. The van der Waals surface area contributed by atoms with E-state index in [0.29, 0.717) is 45.7 Å². The lowest BCUT2D eigenvalue weighted by Crippen LogP contribution is -2.43. The molecule has 4 aliphatic rings. The smallest absolute Gasteiger partial charge is 0.420 e. The first kappa shape index (κ1) is 26.9. The van der Waals surface area contributed by atoms with Gasteiger partial charge >= 0.3 is 12.2 Å². The maximum absolute atomic E-state index is 14.3. The number of amides is 1. The summed E-state index contributed by atoms with van der Waals surface area (Å²) in [5, 5.41) is 0. The van der Waals surface area contributed by atoms with Crippen LogP contribution in [-0.4, -0.2) is 83.5 Å². The summed E-state index contributed by atoms with van der Waals surface area (Å²) in [5.74, 6) is -1.11. The number of nitrogens with zero attached hydrogens (tertiary/aromatic N) is 6. The Morgan fingerprint density at radius 3 is 2.77 bits per heavy atom. The minimum absolute atomic E-state index is 0.00450. The number of pyridine rings is 1. The Hall–Kier alpha value is -3.26. The zero-order valence-electron chi connectivity index (χ0n) is 22.1. The zero-order valence-corrected chi connectivity index (χ0v) is 22.1. The van der Waals surface area contributed by atoms with Crippen LogP contribution in [0.1, 0.15) is 52.9 Å². The number of aromatic nitrogens is 3. The molecule has 216 valence electrons. The molecular weight excluding hydrogens is 534 g/mol. The quantitative estimate of drug-likeness (QED) is 0.547. The lowest BCUT2D eigenvalue weighted by molar-refractivity contribution is -0.137. The lowest BCUT2D eigenvalue weighted by atomic mass is 9.95. The summed E-state index contributed by atoms with van der Waals surface area (Å²) in [5.41, 5.74) is 4.55. The number of carbonyl (C=O) groups excluding carboxylic acids is 1. The summed E-state index contributed by atoms with van der Waals surface area (Å²) in [6, 6.07) is 1.13. The number of carbonyl (C=O) groups is 1. The van der Waals surface area contributed by atoms with E-state index in [4.69, 9.17) is 15.2 Å². The molecule has 2 aromatic rings. The van der Waals surface area contributed by atoms with E-state index in [-0.39, 0.29) is 47.6 Å². The molecule has 10 nitrogen and oxygen atoms in total. The van der Waals surface area contributed by atoms with Crippen molar-refractivity contribution in [1.29, 1.82) is 0 Å². The van der Waals surface area contributed by atoms with Gasteiger partial charge in [-0.3, -0.25) is 14.6 Å². The van der Waals surface area contributed by atoms with E-state index in [2.05, 4.69) is 19.9 Å². The maximum Gasteiger partial charge on any atom is 0.420 e. The Bertz CT molecular complexity index is 1320. The van der Waals surface area contributed by atoms with Crippen molar-refractivity contribution in [3.05, 3.63) is 28.5 Å². The van der Waals surface area contributed by atoms with Crippen LogP contribution >= 0.6 is 0 Å². The van der Waals surface area contributed by atoms with Crippen molar-refractivity contribution in [3.8, 4) is 6.01 Å². The Balaban J connectivity index is 1.38. The molecule has 4 aliphatic heterocycles. The maximum atomic E-state index is 14.3. The van der Waals surface area contributed by atoms with Crippen molar-refractivity contribution < 1.29 is 31.8 Å². The number of fused-ring (bicyclic) bond motifs is 2. The van der Waals surface area contributed by atoms with Gasteiger partial charge in [0.1, 0.15) is 35.5 Å². The van der Waals surface area contributed by atoms with E-state index >= 15 is 0 Å². The SMILES string of the molecule is Cc1cc(N)nc(N2Cc3nc(OCC45CCCN4CC(F)C5)nc(N4CCCOCC4)c3C2=O)c1C(F)(F)F. The molecule has 0 saturated carbocycles. The van der Waals surface area contributed by atoms with Crippen LogP contribution in [0.3, 0.4) is 0 Å². The molecule has 2 atom stereocenters. The van der Waals surface area contributed by atoms with Crippen LogP contribution in [0.15, 0.2) is 6.07 Å². The van der Waals surface area contributed by atoms with Crippen molar-refractivity contribution in [2.24, 2.45) is 0 Å². The van der Waals surface area contributed by atoms with Gasteiger partial charge in [0.15, 0.2) is 5.82 Å². The highest BCUT2D eigenvalue weighted by atomic mass is 19.4. The summed E-state index contributed by atoms with van der Waals surface area (Å²) in [6.45, 7) is 4.27. The molecule has 14 heteroatoms. The van der Waals surface area contributed by atoms with Crippen molar-refractivity contribution in [2.45, 2.75) is 57.0 Å². The first-order valence-electron chi connectivity index (χ1n) is 13.5.